The van der Waals surface area contributed by atoms with Crippen molar-refractivity contribution in [1.82, 2.24) is 15.5 Å². The standard InChI is InChI=1S/C22H31N5O6S/c23-14(11-13-5-2-1-3-6-13)19(29)25-15(8-9-18(24)28)20(30)26-16(12-34)21(31)27-10-4-7-17(27)22(32)33/h1-3,5-6,14-17,34H,4,7-12,23H2,(H2,24,28)(H,25,29)(H,26,30)(H,32,33). The van der Waals surface area contributed by atoms with E-state index < -0.39 is 53.8 Å². The molecule has 1 aromatic rings. The summed E-state index contributed by atoms with van der Waals surface area (Å²) in [6.07, 6.45) is 0.816. The zero-order valence-corrected chi connectivity index (χ0v) is 19.6. The molecule has 0 bridgehead atoms. The number of aliphatic carboxylic acids is 1. The van der Waals surface area contributed by atoms with Crippen LogP contribution in [0.5, 0.6) is 0 Å². The number of hydrogen-bond acceptors (Lipinski definition) is 7. The van der Waals surface area contributed by atoms with E-state index in [1.165, 1.54) is 4.90 Å². The number of thiol groups is 1. The van der Waals surface area contributed by atoms with Crippen molar-refractivity contribution in [2.24, 2.45) is 11.5 Å². The van der Waals surface area contributed by atoms with Crippen LogP contribution in [0.25, 0.3) is 0 Å². The summed E-state index contributed by atoms with van der Waals surface area (Å²) in [7, 11) is 0. The second kappa shape index (κ2) is 12.9. The molecule has 1 aliphatic heterocycles. The molecule has 12 heteroatoms. The number of benzene rings is 1. The van der Waals surface area contributed by atoms with Crippen molar-refractivity contribution in [1.29, 1.82) is 0 Å². The van der Waals surface area contributed by atoms with E-state index in [4.69, 9.17) is 11.5 Å². The number of carboxylic acids is 1. The van der Waals surface area contributed by atoms with Crippen LogP contribution in [0.1, 0.15) is 31.2 Å². The van der Waals surface area contributed by atoms with Crippen LogP contribution in [-0.2, 0) is 30.4 Å². The highest BCUT2D eigenvalue weighted by Crippen LogP contribution is 2.19. The highest BCUT2D eigenvalue weighted by Gasteiger charge is 2.38. The first-order valence-electron chi connectivity index (χ1n) is 11.0. The molecular weight excluding hydrogens is 462 g/mol. The quantitative estimate of drug-likeness (QED) is 0.197. The number of hydrogen-bond donors (Lipinski definition) is 6. The maximum Gasteiger partial charge on any atom is 0.326 e. The summed E-state index contributed by atoms with van der Waals surface area (Å²) in [6, 6.07) is 4.89. The van der Waals surface area contributed by atoms with Gasteiger partial charge in [-0.2, -0.15) is 12.6 Å². The van der Waals surface area contributed by atoms with Gasteiger partial charge in [0.15, 0.2) is 0 Å². The van der Waals surface area contributed by atoms with E-state index in [9.17, 15) is 29.1 Å². The van der Waals surface area contributed by atoms with E-state index in [1.54, 1.807) is 0 Å². The highest BCUT2D eigenvalue weighted by atomic mass is 32.1. The van der Waals surface area contributed by atoms with Gasteiger partial charge in [0.1, 0.15) is 18.1 Å². The Hall–Kier alpha value is -3.12. The Balaban J connectivity index is 2.07. The minimum atomic E-state index is -1.18. The van der Waals surface area contributed by atoms with Gasteiger partial charge in [-0.3, -0.25) is 19.2 Å². The third kappa shape index (κ3) is 7.73. The average molecular weight is 494 g/mol. The third-order valence-electron chi connectivity index (χ3n) is 5.57. The molecule has 1 aromatic carbocycles. The molecule has 34 heavy (non-hydrogen) atoms. The van der Waals surface area contributed by atoms with Gasteiger partial charge in [0.05, 0.1) is 6.04 Å². The van der Waals surface area contributed by atoms with E-state index in [0.717, 1.165) is 5.56 Å². The summed E-state index contributed by atoms with van der Waals surface area (Å²) in [5.74, 6) is -3.77. The lowest BCUT2D eigenvalue weighted by Crippen LogP contribution is -2.58. The summed E-state index contributed by atoms with van der Waals surface area (Å²) in [5, 5.41) is 14.4. The van der Waals surface area contributed by atoms with Crippen molar-refractivity contribution in [3.8, 4) is 0 Å². The Morgan fingerprint density at radius 2 is 1.74 bits per heavy atom. The Kier molecular flexibility index (Phi) is 10.3. The molecule has 4 atom stereocenters. The van der Waals surface area contributed by atoms with E-state index >= 15 is 0 Å². The molecular formula is C22H31N5O6S. The van der Waals surface area contributed by atoms with Crippen molar-refractivity contribution in [2.75, 3.05) is 12.3 Å². The topological polar surface area (TPSA) is 185 Å². The molecule has 0 saturated carbocycles. The number of primary amides is 1. The number of carboxylic acid groups (broad SMARTS) is 1. The zero-order chi connectivity index (χ0) is 25.3. The lowest BCUT2D eigenvalue weighted by Gasteiger charge is -2.28. The first-order valence-corrected chi connectivity index (χ1v) is 11.6. The van der Waals surface area contributed by atoms with Crippen LogP contribution in [0.2, 0.25) is 0 Å². The fourth-order valence-electron chi connectivity index (χ4n) is 3.74. The Bertz CT molecular complexity index is 899. The Labute approximate surface area is 203 Å². The molecule has 186 valence electrons. The van der Waals surface area contributed by atoms with Gasteiger partial charge < -0.3 is 32.1 Å². The second-order valence-corrected chi connectivity index (χ2v) is 8.50. The molecule has 1 fully saturated rings. The molecule has 11 nitrogen and oxygen atoms in total. The van der Waals surface area contributed by atoms with E-state index in [-0.39, 0.29) is 31.6 Å². The minimum Gasteiger partial charge on any atom is -0.480 e. The molecule has 0 aliphatic carbocycles. The van der Waals surface area contributed by atoms with E-state index in [0.29, 0.717) is 12.8 Å². The smallest absolute Gasteiger partial charge is 0.326 e. The van der Waals surface area contributed by atoms with Crippen molar-refractivity contribution in [3.63, 3.8) is 0 Å². The van der Waals surface area contributed by atoms with Gasteiger partial charge >= 0.3 is 5.97 Å². The molecule has 0 spiro atoms. The molecule has 2 rings (SSSR count). The summed E-state index contributed by atoms with van der Waals surface area (Å²) >= 11 is 4.12. The highest BCUT2D eigenvalue weighted by molar-refractivity contribution is 7.80. The molecule has 4 unspecified atom stereocenters. The first-order chi connectivity index (χ1) is 16.1. The predicted molar refractivity (Wildman–Crippen MR) is 127 cm³/mol. The maximum absolute atomic E-state index is 12.9. The van der Waals surface area contributed by atoms with Crippen LogP contribution in [-0.4, -0.2) is 76.1 Å². The third-order valence-corrected chi connectivity index (χ3v) is 5.93. The number of nitrogens with one attached hydrogen (secondary N) is 2. The lowest BCUT2D eigenvalue weighted by molar-refractivity contribution is -0.149. The summed E-state index contributed by atoms with van der Waals surface area (Å²) in [6.45, 7) is 0.256. The molecule has 0 radical (unpaired) electrons. The second-order valence-electron chi connectivity index (χ2n) is 8.13. The van der Waals surface area contributed by atoms with Gasteiger partial charge in [0, 0.05) is 18.7 Å². The van der Waals surface area contributed by atoms with E-state index in [2.05, 4.69) is 23.3 Å². The van der Waals surface area contributed by atoms with Crippen LogP contribution in [0, 0.1) is 0 Å². The Morgan fingerprint density at radius 3 is 2.32 bits per heavy atom. The summed E-state index contributed by atoms with van der Waals surface area (Å²) < 4.78 is 0. The summed E-state index contributed by atoms with van der Waals surface area (Å²) in [4.78, 5) is 62.3. The van der Waals surface area contributed by atoms with Crippen molar-refractivity contribution >= 4 is 42.2 Å². The first kappa shape index (κ1) is 27.1. The van der Waals surface area contributed by atoms with Gasteiger partial charge in [0.2, 0.25) is 23.6 Å². The number of amides is 4. The van der Waals surface area contributed by atoms with Gasteiger partial charge in [-0.15, -0.1) is 0 Å². The molecule has 1 aliphatic rings. The number of rotatable bonds is 12. The molecule has 0 aromatic heterocycles. The van der Waals surface area contributed by atoms with Crippen LogP contribution in [0.3, 0.4) is 0 Å². The monoisotopic (exact) mass is 493 g/mol. The van der Waals surface area contributed by atoms with Gasteiger partial charge in [0.25, 0.3) is 0 Å². The van der Waals surface area contributed by atoms with Gasteiger partial charge in [-0.25, -0.2) is 4.79 Å². The zero-order valence-electron chi connectivity index (χ0n) is 18.7. The predicted octanol–water partition coefficient (Wildman–Crippen LogP) is -1.20. The molecule has 7 N–H and O–H groups in total. The van der Waals surface area contributed by atoms with Crippen LogP contribution in [0.4, 0.5) is 0 Å². The normalized spacial score (nSPS) is 17.9. The molecule has 1 heterocycles. The van der Waals surface area contributed by atoms with Crippen LogP contribution < -0.4 is 22.1 Å². The fourth-order valence-corrected chi connectivity index (χ4v) is 3.99. The van der Waals surface area contributed by atoms with Crippen molar-refractivity contribution in [2.45, 2.75) is 56.3 Å². The van der Waals surface area contributed by atoms with Gasteiger partial charge in [-0.05, 0) is 31.2 Å². The van der Waals surface area contributed by atoms with E-state index in [1.807, 2.05) is 30.3 Å². The SMILES string of the molecule is NC(=O)CCC(NC(=O)C(N)Cc1ccccc1)C(=O)NC(CS)C(=O)N1CCCC1C(=O)O. The molecule has 1 saturated heterocycles. The van der Waals surface area contributed by atoms with Crippen LogP contribution in [0.15, 0.2) is 30.3 Å². The molecule has 4 amide bonds. The maximum atomic E-state index is 12.9. The minimum absolute atomic E-state index is 0.0859. The Morgan fingerprint density at radius 1 is 1.09 bits per heavy atom. The fraction of sp³-hybridized carbons (Fsp3) is 0.500. The van der Waals surface area contributed by atoms with Crippen LogP contribution >= 0.6 is 12.6 Å². The van der Waals surface area contributed by atoms with Gasteiger partial charge in [-0.1, -0.05) is 30.3 Å². The number of carbonyl (C=O) groups excluding carboxylic acids is 4. The summed E-state index contributed by atoms with van der Waals surface area (Å²) in [5.41, 5.74) is 12.0. The average Bonchev–Trinajstić information content (AvgIpc) is 3.30. The van der Waals surface area contributed by atoms with Crippen molar-refractivity contribution in [3.05, 3.63) is 35.9 Å². The van der Waals surface area contributed by atoms with Crippen molar-refractivity contribution < 1.29 is 29.1 Å². The number of nitrogens with zero attached hydrogens (tertiary/aromatic N) is 1. The number of carbonyl (C=O) groups is 5. The largest absolute Gasteiger partial charge is 0.480 e. The lowest BCUT2D eigenvalue weighted by atomic mass is 10.0. The number of nitrogens with two attached hydrogens (primary N) is 2. The number of likely N-dealkylation sites (tertiary alicyclic amines) is 1.